The smallest absolute Gasteiger partial charge is 0.257 e. The van der Waals surface area contributed by atoms with E-state index in [2.05, 4.69) is 10.3 Å². The summed E-state index contributed by atoms with van der Waals surface area (Å²) in [7, 11) is 4.63. The van der Waals surface area contributed by atoms with E-state index in [1.807, 2.05) is 32.0 Å². The number of aryl methyl sites for hydroxylation is 2. The summed E-state index contributed by atoms with van der Waals surface area (Å²) in [4.78, 5) is 16.0. The van der Waals surface area contributed by atoms with Crippen LogP contribution in [0.1, 0.15) is 21.5 Å². The van der Waals surface area contributed by atoms with Crippen LogP contribution in [0.15, 0.2) is 30.5 Å². The summed E-state index contributed by atoms with van der Waals surface area (Å²) in [5.74, 6) is 1.20. The second-order valence-corrected chi connectivity index (χ2v) is 6.04. The number of anilines is 1. The number of amides is 1. The molecule has 0 spiro atoms. The highest BCUT2D eigenvalue weighted by Crippen LogP contribution is 2.44. The molecule has 0 radical (unpaired) electrons. The second-order valence-electron chi connectivity index (χ2n) is 6.04. The van der Waals surface area contributed by atoms with Crippen molar-refractivity contribution in [3.8, 4) is 17.2 Å². The molecule has 0 fully saturated rings. The maximum absolute atomic E-state index is 12.9. The van der Waals surface area contributed by atoms with Crippen LogP contribution in [0.25, 0.3) is 10.9 Å². The fourth-order valence-electron chi connectivity index (χ4n) is 3.00. The van der Waals surface area contributed by atoms with Gasteiger partial charge in [0.1, 0.15) is 0 Å². The largest absolute Gasteiger partial charge is 0.493 e. The van der Waals surface area contributed by atoms with Crippen molar-refractivity contribution in [3.63, 3.8) is 0 Å². The van der Waals surface area contributed by atoms with Crippen molar-refractivity contribution in [2.75, 3.05) is 26.6 Å². The Morgan fingerprint density at radius 1 is 1.00 bits per heavy atom. The zero-order valence-corrected chi connectivity index (χ0v) is 15.5. The van der Waals surface area contributed by atoms with Gasteiger partial charge in [-0.2, -0.15) is 0 Å². The molecule has 0 saturated carbocycles. The SMILES string of the molecule is COc1cc2[nH]cc(C(=O)Nc3cc(C)ccc3C)c2c(OC)c1OC. The molecule has 2 aromatic carbocycles. The van der Waals surface area contributed by atoms with Crippen LogP contribution in [0.2, 0.25) is 0 Å². The molecule has 26 heavy (non-hydrogen) atoms. The summed E-state index contributed by atoms with van der Waals surface area (Å²) < 4.78 is 16.3. The van der Waals surface area contributed by atoms with Crippen LogP contribution in [0.3, 0.4) is 0 Å². The van der Waals surface area contributed by atoms with Crippen LogP contribution < -0.4 is 19.5 Å². The van der Waals surface area contributed by atoms with Gasteiger partial charge in [0.2, 0.25) is 5.75 Å². The van der Waals surface area contributed by atoms with Crippen LogP contribution >= 0.6 is 0 Å². The minimum absolute atomic E-state index is 0.226. The maximum Gasteiger partial charge on any atom is 0.257 e. The molecule has 0 aliphatic heterocycles. The molecule has 1 heterocycles. The molecule has 0 saturated heterocycles. The first kappa shape index (κ1) is 17.7. The Morgan fingerprint density at radius 3 is 2.38 bits per heavy atom. The highest BCUT2D eigenvalue weighted by molar-refractivity contribution is 6.15. The van der Waals surface area contributed by atoms with Gasteiger partial charge in [-0.3, -0.25) is 4.79 Å². The lowest BCUT2D eigenvalue weighted by Gasteiger charge is -2.14. The van der Waals surface area contributed by atoms with E-state index in [0.717, 1.165) is 22.3 Å². The lowest BCUT2D eigenvalue weighted by molar-refractivity contribution is 0.102. The molecule has 136 valence electrons. The second kappa shape index (κ2) is 7.00. The number of aromatic amines is 1. The molecular weight excluding hydrogens is 332 g/mol. The number of H-pyrrole nitrogens is 1. The first-order valence-electron chi connectivity index (χ1n) is 8.18. The van der Waals surface area contributed by atoms with E-state index in [-0.39, 0.29) is 5.91 Å². The lowest BCUT2D eigenvalue weighted by atomic mass is 10.1. The molecule has 2 N–H and O–H groups in total. The highest BCUT2D eigenvalue weighted by Gasteiger charge is 2.23. The highest BCUT2D eigenvalue weighted by atomic mass is 16.5. The Kier molecular flexibility index (Phi) is 4.75. The van der Waals surface area contributed by atoms with E-state index >= 15 is 0 Å². The third-order valence-corrected chi connectivity index (χ3v) is 4.36. The van der Waals surface area contributed by atoms with Gasteiger partial charge >= 0.3 is 0 Å². The van der Waals surface area contributed by atoms with Crippen molar-refractivity contribution in [2.24, 2.45) is 0 Å². The third-order valence-electron chi connectivity index (χ3n) is 4.36. The average Bonchev–Trinajstić information content (AvgIpc) is 3.06. The predicted molar refractivity (Wildman–Crippen MR) is 102 cm³/mol. The Hall–Kier alpha value is -3.15. The van der Waals surface area contributed by atoms with Gasteiger partial charge in [-0.1, -0.05) is 12.1 Å². The summed E-state index contributed by atoms with van der Waals surface area (Å²) in [5, 5.41) is 3.62. The van der Waals surface area contributed by atoms with Crippen molar-refractivity contribution in [1.29, 1.82) is 0 Å². The molecule has 0 aliphatic rings. The summed E-state index contributed by atoms with van der Waals surface area (Å²) >= 11 is 0. The first-order chi connectivity index (χ1) is 12.5. The van der Waals surface area contributed by atoms with Gasteiger partial charge in [-0.15, -0.1) is 0 Å². The van der Waals surface area contributed by atoms with Gasteiger partial charge in [0.25, 0.3) is 5.91 Å². The number of nitrogens with one attached hydrogen (secondary N) is 2. The fraction of sp³-hybridized carbons (Fsp3) is 0.250. The van der Waals surface area contributed by atoms with E-state index in [1.165, 1.54) is 14.2 Å². The number of carbonyl (C=O) groups excluding carboxylic acids is 1. The zero-order valence-electron chi connectivity index (χ0n) is 15.5. The Labute approximate surface area is 152 Å². The van der Waals surface area contributed by atoms with Crippen LogP contribution in [-0.2, 0) is 0 Å². The predicted octanol–water partition coefficient (Wildman–Crippen LogP) is 4.06. The van der Waals surface area contributed by atoms with E-state index in [1.54, 1.807) is 19.4 Å². The van der Waals surface area contributed by atoms with E-state index < -0.39 is 0 Å². The number of benzene rings is 2. The van der Waals surface area contributed by atoms with Crippen LogP contribution in [0.4, 0.5) is 5.69 Å². The van der Waals surface area contributed by atoms with Gasteiger partial charge in [0.15, 0.2) is 11.5 Å². The van der Waals surface area contributed by atoms with Gasteiger partial charge in [0, 0.05) is 18.0 Å². The van der Waals surface area contributed by atoms with E-state index in [9.17, 15) is 4.79 Å². The number of carbonyl (C=O) groups is 1. The van der Waals surface area contributed by atoms with E-state index in [0.29, 0.717) is 28.2 Å². The number of rotatable bonds is 5. The van der Waals surface area contributed by atoms with Crippen LogP contribution in [-0.4, -0.2) is 32.2 Å². The molecule has 1 amide bonds. The molecule has 1 aromatic heterocycles. The molecule has 0 atom stereocenters. The normalized spacial score (nSPS) is 10.7. The van der Waals surface area contributed by atoms with Crippen molar-refractivity contribution in [3.05, 3.63) is 47.2 Å². The van der Waals surface area contributed by atoms with Crippen molar-refractivity contribution >= 4 is 22.5 Å². The Morgan fingerprint density at radius 2 is 1.73 bits per heavy atom. The molecular formula is C20H22N2O4. The van der Waals surface area contributed by atoms with Crippen molar-refractivity contribution in [1.82, 2.24) is 4.98 Å². The third kappa shape index (κ3) is 2.94. The molecule has 3 rings (SSSR count). The van der Waals surface area contributed by atoms with Crippen LogP contribution in [0, 0.1) is 13.8 Å². The number of methoxy groups -OCH3 is 3. The first-order valence-corrected chi connectivity index (χ1v) is 8.18. The molecule has 0 aliphatic carbocycles. The number of hydrogen-bond donors (Lipinski definition) is 2. The summed E-state index contributed by atoms with van der Waals surface area (Å²) in [5.41, 5.74) is 4.05. The maximum atomic E-state index is 12.9. The summed E-state index contributed by atoms with van der Waals surface area (Å²) in [6.07, 6.45) is 1.66. The van der Waals surface area contributed by atoms with Gasteiger partial charge < -0.3 is 24.5 Å². The average molecular weight is 354 g/mol. The Balaban J connectivity index is 2.10. The fourth-order valence-corrected chi connectivity index (χ4v) is 3.00. The minimum Gasteiger partial charge on any atom is -0.493 e. The zero-order chi connectivity index (χ0) is 18.8. The molecule has 0 unspecified atom stereocenters. The number of aromatic nitrogens is 1. The molecule has 0 bridgehead atoms. The van der Waals surface area contributed by atoms with Gasteiger partial charge in [-0.25, -0.2) is 0 Å². The van der Waals surface area contributed by atoms with Crippen molar-refractivity contribution in [2.45, 2.75) is 13.8 Å². The summed E-state index contributed by atoms with van der Waals surface area (Å²) in [6.45, 7) is 3.94. The van der Waals surface area contributed by atoms with Crippen molar-refractivity contribution < 1.29 is 19.0 Å². The van der Waals surface area contributed by atoms with E-state index in [4.69, 9.17) is 14.2 Å². The number of hydrogen-bond acceptors (Lipinski definition) is 4. The molecule has 3 aromatic rings. The lowest BCUT2D eigenvalue weighted by Crippen LogP contribution is -2.12. The minimum atomic E-state index is -0.226. The molecule has 6 nitrogen and oxygen atoms in total. The topological polar surface area (TPSA) is 72.6 Å². The monoisotopic (exact) mass is 354 g/mol. The standard InChI is InChI=1S/C20H22N2O4/c1-11-6-7-12(2)14(8-11)22-20(23)13-10-21-15-9-16(24-3)18(25-4)19(26-5)17(13)15/h6-10,21H,1-5H3,(H,22,23). The van der Waals surface area contributed by atoms with Crippen LogP contribution in [0.5, 0.6) is 17.2 Å². The molecule has 6 heteroatoms. The Bertz CT molecular complexity index is 976. The van der Waals surface area contributed by atoms with Gasteiger partial charge in [0.05, 0.1) is 37.8 Å². The number of fused-ring (bicyclic) bond motifs is 1. The van der Waals surface area contributed by atoms with Gasteiger partial charge in [-0.05, 0) is 31.0 Å². The summed E-state index contributed by atoms with van der Waals surface area (Å²) in [6, 6.07) is 7.72. The number of ether oxygens (including phenoxy) is 3. The quantitative estimate of drug-likeness (QED) is 0.725.